The summed E-state index contributed by atoms with van der Waals surface area (Å²) in [7, 11) is 0. The molecule has 1 aromatic rings. The molecule has 0 aliphatic carbocycles. The second-order valence-corrected chi connectivity index (χ2v) is 3.51. The topological polar surface area (TPSA) is 63.3 Å². The van der Waals surface area contributed by atoms with Gasteiger partial charge >= 0.3 is 0 Å². The summed E-state index contributed by atoms with van der Waals surface area (Å²) in [5.41, 5.74) is 5.59. The first kappa shape index (κ1) is 14.6. The van der Waals surface area contributed by atoms with E-state index >= 15 is 0 Å². The van der Waals surface area contributed by atoms with Crippen molar-refractivity contribution >= 4 is 6.41 Å². The van der Waals surface area contributed by atoms with Crippen molar-refractivity contribution < 1.29 is 9.90 Å². The number of unbranched alkanes of at least 4 members (excludes halogenated alkanes) is 3. The van der Waals surface area contributed by atoms with Crippen molar-refractivity contribution in [3.63, 3.8) is 0 Å². The molecule has 0 aromatic heterocycles. The smallest absolute Gasteiger partial charge is 0.204 e. The van der Waals surface area contributed by atoms with Crippen molar-refractivity contribution in [1.29, 1.82) is 0 Å². The summed E-state index contributed by atoms with van der Waals surface area (Å²) in [6.45, 7) is 0.339. The molecule has 0 bridgehead atoms. The second-order valence-electron chi connectivity index (χ2n) is 3.51. The number of rotatable bonds is 6. The first-order chi connectivity index (χ1) is 7.85. The second kappa shape index (κ2) is 11.7. The molecule has 3 N–H and O–H groups in total. The van der Waals surface area contributed by atoms with Crippen LogP contribution in [0.15, 0.2) is 30.3 Å². The molecular formula is C13H21NO2. The first-order valence-corrected chi connectivity index (χ1v) is 5.65. The summed E-state index contributed by atoms with van der Waals surface area (Å²) in [5.74, 6) is 0. The van der Waals surface area contributed by atoms with Gasteiger partial charge in [-0.25, -0.2) is 0 Å². The number of aryl methyl sites for hydroxylation is 1. The lowest BCUT2D eigenvalue weighted by Gasteiger charge is -2.00. The quantitative estimate of drug-likeness (QED) is 0.571. The van der Waals surface area contributed by atoms with Crippen LogP contribution in [-0.4, -0.2) is 18.1 Å². The highest BCUT2D eigenvalue weighted by molar-refractivity contribution is 5.42. The molecule has 0 heterocycles. The summed E-state index contributed by atoms with van der Waals surface area (Å²) in [6.07, 6.45) is 6.00. The zero-order chi connectivity index (χ0) is 12.1. The number of hydrogen-bond acceptors (Lipinski definition) is 2. The number of amides is 1. The van der Waals surface area contributed by atoms with Gasteiger partial charge in [0.1, 0.15) is 0 Å². The van der Waals surface area contributed by atoms with Crippen molar-refractivity contribution in [2.45, 2.75) is 32.1 Å². The number of carbonyl (C=O) groups is 1. The number of carbonyl (C=O) groups excluding carboxylic acids is 1. The van der Waals surface area contributed by atoms with Gasteiger partial charge in [-0.05, 0) is 24.8 Å². The SMILES string of the molecule is NC=O.OCCCCCCc1ccccc1. The zero-order valence-corrected chi connectivity index (χ0v) is 9.64. The zero-order valence-electron chi connectivity index (χ0n) is 9.64. The minimum Gasteiger partial charge on any atom is -0.396 e. The van der Waals surface area contributed by atoms with Gasteiger partial charge in [0.15, 0.2) is 0 Å². The van der Waals surface area contributed by atoms with E-state index in [0.717, 1.165) is 12.8 Å². The Kier molecular flexibility index (Phi) is 10.7. The molecule has 0 saturated heterocycles. The van der Waals surface area contributed by atoms with E-state index in [1.807, 2.05) is 0 Å². The highest BCUT2D eigenvalue weighted by atomic mass is 16.2. The Hall–Kier alpha value is -1.35. The minimum atomic E-state index is 0.250. The fraction of sp³-hybridized carbons (Fsp3) is 0.462. The average molecular weight is 223 g/mol. The molecule has 16 heavy (non-hydrogen) atoms. The van der Waals surface area contributed by atoms with E-state index in [1.54, 1.807) is 0 Å². The van der Waals surface area contributed by atoms with Gasteiger partial charge in [-0.1, -0.05) is 43.2 Å². The number of primary amides is 1. The van der Waals surface area contributed by atoms with Gasteiger partial charge in [-0.15, -0.1) is 0 Å². The number of aliphatic hydroxyl groups excluding tert-OH is 1. The molecular weight excluding hydrogens is 202 g/mol. The summed E-state index contributed by atoms with van der Waals surface area (Å²) in [6, 6.07) is 10.6. The van der Waals surface area contributed by atoms with Crippen LogP contribution in [0.3, 0.4) is 0 Å². The molecule has 1 amide bonds. The Balaban J connectivity index is 0.000000673. The number of nitrogens with two attached hydrogens (primary N) is 1. The maximum Gasteiger partial charge on any atom is 0.204 e. The van der Waals surface area contributed by atoms with Crippen LogP contribution in [0.2, 0.25) is 0 Å². The highest BCUT2D eigenvalue weighted by Crippen LogP contribution is 2.06. The predicted molar refractivity (Wildman–Crippen MR) is 66.0 cm³/mol. The Morgan fingerprint density at radius 3 is 2.19 bits per heavy atom. The average Bonchev–Trinajstić information content (AvgIpc) is 2.31. The van der Waals surface area contributed by atoms with Gasteiger partial charge in [0.05, 0.1) is 0 Å². The van der Waals surface area contributed by atoms with E-state index < -0.39 is 0 Å². The third kappa shape index (κ3) is 9.21. The minimum absolute atomic E-state index is 0.250. The Morgan fingerprint density at radius 1 is 1.06 bits per heavy atom. The number of benzene rings is 1. The summed E-state index contributed by atoms with van der Waals surface area (Å²) in [5, 5.41) is 8.58. The molecule has 3 nitrogen and oxygen atoms in total. The third-order valence-corrected chi connectivity index (χ3v) is 2.22. The normalized spacial score (nSPS) is 9.06. The van der Waals surface area contributed by atoms with Gasteiger partial charge in [0.2, 0.25) is 6.41 Å². The Bertz CT molecular complexity index is 249. The maximum absolute atomic E-state index is 8.58. The first-order valence-electron chi connectivity index (χ1n) is 5.65. The van der Waals surface area contributed by atoms with E-state index in [2.05, 4.69) is 36.1 Å². The lowest BCUT2D eigenvalue weighted by atomic mass is 10.1. The van der Waals surface area contributed by atoms with Crippen molar-refractivity contribution in [1.82, 2.24) is 0 Å². The van der Waals surface area contributed by atoms with E-state index in [0.29, 0.717) is 6.61 Å². The monoisotopic (exact) mass is 223 g/mol. The molecule has 0 fully saturated rings. The van der Waals surface area contributed by atoms with E-state index in [-0.39, 0.29) is 6.41 Å². The van der Waals surface area contributed by atoms with Crippen LogP contribution in [0.25, 0.3) is 0 Å². The van der Waals surface area contributed by atoms with Crippen molar-refractivity contribution in [3.8, 4) is 0 Å². The van der Waals surface area contributed by atoms with Crippen LogP contribution in [-0.2, 0) is 11.2 Å². The third-order valence-electron chi connectivity index (χ3n) is 2.22. The molecule has 90 valence electrons. The highest BCUT2D eigenvalue weighted by Gasteiger charge is 1.91. The summed E-state index contributed by atoms with van der Waals surface area (Å²) >= 11 is 0. The van der Waals surface area contributed by atoms with Crippen LogP contribution in [0.1, 0.15) is 31.2 Å². The van der Waals surface area contributed by atoms with Gasteiger partial charge < -0.3 is 10.8 Å². The van der Waals surface area contributed by atoms with Crippen LogP contribution < -0.4 is 5.73 Å². The van der Waals surface area contributed by atoms with Crippen molar-refractivity contribution in [2.24, 2.45) is 5.73 Å². The van der Waals surface area contributed by atoms with Gasteiger partial charge in [0.25, 0.3) is 0 Å². The molecule has 0 unspecified atom stereocenters. The van der Waals surface area contributed by atoms with Crippen LogP contribution >= 0.6 is 0 Å². The molecule has 1 rings (SSSR count). The fourth-order valence-electron chi connectivity index (χ4n) is 1.44. The Labute approximate surface area is 97.3 Å². The standard InChI is InChI=1S/C12H18O.CH3NO/c13-11-7-2-1-4-8-12-9-5-3-6-10-12;2-1-3/h3,5-6,9-10,13H,1-2,4,7-8,11H2;1H,(H2,2,3). The summed E-state index contributed by atoms with van der Waals surface area (Å²) < 4.78 is 0. The number of hydrogen-bond donors (Lipinski definition) is 2. The maximum atomic E-state index is 8.58. The van der Waals surface area contributed by atoms with Gasteiger partial charge in [-0.3, -0.25) is 4.79 Å². The lowest BCUT2D eigenvalue weighted by Crippen LogP contribution is -1.87. The molecule has 0 saturated carbocycles. The van der Waals surface area contributed by atoms with Crippen LogP contribution in [0, 0.1) is 0 Å². The van der Waals surface area contributed by atoms with E-state index in [9.17, 15) is 0 Å². The van der Waals surface area contributed by atoms with E-state index in [1.165, 1.54) is 24.8 Å². The predicted octanol–water partition coefficient (Wildman–Crippen LogP) is 1.88. The van der Waals surface area contributed by atoms with Gasteiger partial charge in [0, 0.05) is 6.61 Å². The lowest BCUT2D eigenvalue weighted by molar-refractivity contribution is -0.106. The molecule has 0 aliphatic heterocycles. The molecule has 3 heteroatoms. The van der Waals surface area contributed by atoms with E-state index in [4.69, 9.17) is 9.90 Å². The van der Waals surface area contributed by atoms with Crippen molar-refractivity contribution in [3.05, 3.63) is 35.9 Å². The van der Waals surface area contributed by atoms with Crippen molar-refractivity contribution in [2.75, 3.05) is 6.61 Å². The number of aliphatic hydroxyl groups is 1. The van der Waals surface area contributed by atoms with Crippen LogP contribution in [0.5, 0.6) is 0 Å². The molecule has 0 atom stereocenters. The largest absolute Gasteiger partial charge is 0.396 e. The molecule has 1 aromatic carbocycles. The van der Waals surface area contributed by atoms with Gasteiger partial charge in [-0.2, -0.15) is 0 Å². The Morgan fingerprint density at radius 2 is 1.62 bits per heavy atom. The fourth-order valence-corrected chi connectivity index (χ4v) is 1.44. The molecule has 0 spiro atoms. The summed E-state index contributed by atoms with van der Waals surface area (Å²) in [4.78, 5) is 8.58. The molecule has 0 radical (unpaired) electrons. The molecule has 0 aliphatic rings. The van der Waals surface area contributed by atoms with Crippen LogP contribution in [0.4, 0.5) is 0 Å².